The van der Waals surface area contributed by atoms with Crippen molar-refractivity contribution >= 4 is 29.9 Å². The van der Waals surface area contributed by atoms with E-state index in [2.05, 4.69) is 22.4 Å². The molecule has 1 aliphatic heterocycles. The Hall–Kier alpha value is -1.63. The molecule has 1 aromatic carbocycles. The zero-order valence-corrected chi connectivity index (χ0v) is 17.1. The van der Waals surface area contributed by atoms with E-state index in [1.807, 2.05) is 17.0 Å². The molecule has 2 heterocycles. The van der Waals surface area contributed by atoms with Crippen molar-refractivity contribution in [1.82, 2.24) is 20.4 Å². The second-order valence-electron chi connectivity index (χ2n) is 6.61. The lowest BCUT2D eigenvalue weighted by atomic mass is 10.1. The number of hydrogen-bond donors (Lipinski definition) is 1. The van der Waals surface area contributed by atoms with Gasteiger partial charge in [-0.3, -0.25) is 4.79 Å². The highest BCUT2D eigenvalue weighted by Gasteiger charge is 2.25. The molecule has 1 aromatic heterocycles. The van der Waals surface area contributed by atoms with Gasteiger partial charge in [0.25, 0.3) is 0 Å². The van der Waals surface area contributed by atoms with E-state index in [1.165, 1.54) is 0 Å². The molecular formula is C19H26Cl2N4O2. The number of carbonyl (C=O) groups is 1. The third-order valence-corrected chi connectivity index (χ3v) is 4.86. The summed E-state index contributed by atoms with van der Waals surface area (Å²) in [5.74, 6) is 1.33. The van der Waals surface area contributed by atoms with Crippen LogP contribution >= 0.6 is 24.0 Å². The van der Waals surface area contributed by atoms with Gasteiger partial charge in [0, 0.05) is 42.6 Å². The first-order valence-electron chi connectivity index (χ1n) is 9.26. The summed E-state index contributed by atoms with van der Waals surface area (Å²) in [4.78, 5) is 19.0. The molecule has 148 valence electrons. The maximum atomic E-state index is 12.6. The number of carbonyl (C=O) groups excluding carboxylic acids is 1. The van der Waals surface area contributed by atoms with Crippen molar-refractivity contribution in [2.24, 2.45) is 0 Å². The Balaban J connectivity index is 0.00000261. The number of benzene rings is 1. The molecule has 1 fully saturated rings. The Morgan fingerprint density at radius 1 is 1.37 bits per heavy atom. The average Bonchev–Trinajstić information content (AvgIpc) is 3.32. The monoisotopic (exact) mass is 412 g/mol. The van der Waals surface area contributed by atoms with Crippen molar-refractivity contribution in [1.29, 1.82) is 0 Å². The minimum Gasteiger partial charge on any atom is -0.339 e. The third kappa shape index (κ3) is 5.92. The molecule has 0 radical (unpaired) electrons. The number of hydrogen-bond acceptors (Lipinski definition) is 5. The summed E-state index contributed by atoms with van der Waals surface area (Å²) in [6.45, 7) is 4.83. The second-order valence-corrected chi connectivity index (χ2v) is 7.04. The molecular weight excluding hydrogens is 387 g/mol. The molecule has 1 amide bonds. The SMILES string of the molecule is CCCN(C(=O)CCCc1nc(-c2ccc(Cl)cc2)no1)C1CCNC1.Cl. The van der Waals surface area contributed by atoms with Crippen molar-refractivity contribution in [3.63, 3.8) is 0 Å². The van der Waals surface area contributed by atoms with Crippen LogP contribution in [0.3, 0.4) is 0 Å². The lowest BCUT2D eigenvalue weighted by Crippen LogP contribution is -2.42. The molecule has 6 nitrogen and oxygen atoms in total. The lowest BCUT2D eigenvalue weighted by Gasteiger charge is -2.28. The highest BCUT2D eigenvalue weighted by Crippen LogP contribution is 2.19. The van der Waals surface area contributed by atoms with E-state index < -0.39 is 0 Å². The number of aryl methyl sites for hydroxylation is 1. The van der Waals surface area contributed by atoms with Crippen LogP contribution in [-0.4, -0.2) is 46.6 Å². The molecule has 1 aliphatic rings. The van der Waals surface area contributed by atoms with Crippen molar-refractivity contribution in [3.8, 4) is 11.4 Å². The molecule has 3 rings (SSSR count). The Labute approximate surface area is 171 Å². The molecule has 0 saturated carbocycles. The van der Waals surface area contributed by atoms with E-state index >= 15 is 0 Å². The summed E-state index contributed by atoms with van der Waals surface area (Å²) in [5.41, 5.74) is 0.864. The Morgan fingerprint density at radius 2 is 2.15 bits per heavy atom. The van der Waals surface area contributed by atoms with Gasteiger partial charge in [-0.15, -0.1) is 12.4 Å². The molecule has 1 N–H and O–H groups in total. The van der Waals surface area contributed by atoms with Gasteiger partial charge in [-0.25, -0.2) is 0 Å². The smallest absolute Gasteiger partial charge is 0.226 e. The first kappa shape index (κ1) is 21.7. The summed E-state index contributed by atoms with van der Waals surface area (Å²) in [5, 5.41) is 8.01. The Bertz CT molecular complexity index is 715. The van der Waals surface area contributed by atoms with Gasteiger partial charge >= 0.3 is 0 Å². The van der Waals surface area contributed by atoms with Gasteiger partial charge in [0.15, 0.2) is 0 Å². The molecule has 1 unspecified atom stereocenters. The molecule has 2 aromatic rings. The predicted octanol–water partition coefficient (Wildman–Crippen LogP) is 3.74. The number of aromatic nitrogens is 2. The zero-order chi connectivity index (χ0) is 18.4. The van der Waals surface area contributed by atoms with Gasteiger partial charge in [0.1, 0.15) is 0 Å². The van der Waals surface area contributed by atoms with Crippen LogP contribution in [0.2, 0.25) is 5.02 Å². The fraction of sp³-hybridized carbons (Fsp3) is 0.526. The van der Waals surface area contributed by atoms with E-state index in [0.717, 1.165) is 38.0 Å². The fourth-order valence-corrected chi connectivity index (χ4v) is 3.39. The highest BCUT2D eigenvalue weighted by molar-refractivity contribution is 6.30. The van der Waals surface area contributed by atoms with Gasteiger partial charge in [0.2, 0.25) is 17.6 Å². The summed E-state index contributed by atoms with van der Waals surface area (Å²) >= 11 is 5.89. The van der Waals surface area contributed by atoms with E-state index in [9.17, 15) is 4.79 Å². The molecule has 27 heavy (non-hydrogen) atoms. The quantitative estimate of drug-likeness (QED) is 0.714. The van der Waals surface area contributed by atoms with E-state index in [1.54, 1.807) is 12.1 Å². The minimum atomic E-state index is 0. The second kappa shape index (κ2) is 10.6. The number of amides is 1. The zero-order valence-electron chi connectivity index (χ0n) is 15.5. The fourth-order valence-electron chi connectivity index (χ4n) is 3.26. The normalized spacial score (nSPS) is 16.1. The van der Waals surface area contributed by atoms with E-state index in [4.69, 9.17) is 16.1 Å². The molecule has 8 heteroatoms. The number of halogens is 2. The standard InChI is InChI=1S/C19H25ClN4O2.ClH/c1-2-12-24(16-10-11-21-13-16)18(25)5-3-4-17-22-19(23-26-17)14-6-8-15(20)9-7-14;/h6-9,16,21H,2-5,10-13H2,1H3;1H. The number of nitrogens with zero attached hydrogens (tertiary/aromatic N) is 3. The van der Waals surface area contributed by atoms with Crippen LogP contribution < -0.4 is 5.32 Å². The summed E-state index contributed by atoms with van der Waals surface area (Å²) in [7, 11) is 0. The first-order chi connectivity index (χ1) is 12.7. The topological polar surface area (TPSA) is 71.3 Å². The molecule has 0 bridgehead atoms. The maximum Gasteiger partial charge on any atom is 0.226 e. The van der Waals surface area contributed by atoms with Crippen molar-refractivity contribution in [2.75, 3.05) is 19.6 Å². The van der Waals surface area contributed by atoms with E-state index in [0.29, 0.717) is 42.0 Å². The van der Waals surface area contributed by atoms with Gasteiger partial charge < -0.3 is 14.7 Å². The van der Waals surface area contributed by atoms with Gasteiger partial charge in [0.05, 0.1) is 0 Å². The van der Waals surface area contributed by atoms with Crippen LogP contribution in [-0.2, 0) is 11.2 Å². The van der Waals surface area contributed by atoms with Crippen LogP contribution in [0.25, 0.3) is 11.4 Å². The lowest BCUT2D eigenvalue weighted by molar-refractivity contribution is -0.133. The van der Waals surface area contributed by atoms with Crippen LogP contribution in [0.5, 0.6) is 0 Å². The van der Waals surface area contributed by atoms with Crippen molar-refractivity contribution in [2.45, 2.75) is 45.1 Å². The van der Waals surface area contributed by atoms with Crippen LogP contribution in [0.1, 0.15) is 38.5 Å². The summed E-state index contributed by atoms with van der Waals surface area (Å²) in [6, 6.07) is 7.65. The van der Waals surface area contributed by atoms with E-state index in [-0.39, 0.29) is 18.3 Å². The average molecular weight is 413 g/mol. The number of rotatable bonds is 8. The van der Waals surface area contributed by atoms with Crippen LogP contribution in [0.15, 0.2) is 28.8 Å². The van der Waals surface area contributed by atoms with Crippen molar-refractivity contribution in [3.05, 3.63) is 35.2 Å². The minimum absolute atomic E-state index is 0. The van der Waals surface area contributed by atoms with Gasteiger partial charge in [-0.1, -0.05) is 23.7 Å². The van der Waals surface area contributed by atoms with Crippen molar-refractivity contribution < 1.29 is 9.32 Å². The predicted molar refractivity (Wildman–Crippen MR) is 108 cm³/mol. The molecule has 1 saturated heterocycles. The van der Waals surface area contributed by atoms with Crippen LogP contribution in [0, 0.1) is 0 Å². The molecule has 0 aliphatic carbocycles. The third-order valence-electron chi connectivity index (χ3n) is 4.61. The first-order valence-corrected chi connectivity index (χ1v) is 9.64. The Morgan fingerprint density at radius 3 is 2.81 bits per heavy atom. The van der Waals surface area contributed by atoms with Gasteiger partial charge in [-0.05, 0) is 50.1 Å². The Kier molecular flexibility index (Phi) is 8.54. The summed E-state index contributed by atoms with van der Waals surface area (Å²) in [6.07, 6.45) is 3.85. The van der Waals surface area contributed by atoms with Gasteiger partial charge in [-0.2, -0.15) is 4.98 Å². The number of nitrogens with one attached hydrogen (secondary N) is 1. The largest absolute Gasteiger partial charge is 0.339 e. The highest BCUT2D eigenvalue weighted by atomic mass is 35.5. The summed E-state index contributed by atoms with van der Waals surface area (Å²) < 4.78 is 5.31. The maximum absolute atomic E-state index is 12.6. The molecule has 1 atom stereocenters. The van der Waals surface area contributed by atoms with Crippen LogP contribution in [0.4, 0.5) is 0 Å². The molecule has 0 spiro atoms.